The molecule has 5 heteroatoms. The highest BCUT2D eigenvalue weighted by molar-refractivity contribution is 5.77. The molecule has 1 N–H and O–H groups in total. The Bertz CT molecular complexity index is 695. The summed E-state index contributed by atoms with van der Waals surface area (Å²) >= 11 is 0. The second kappa shape index (κ2) is 5.95. The smallest absolute Gasteiger partial charge is 0.261 e. The van der Waals surface area contributed by atoms with E-state index in [0.717, 1.165) is 37.0 Å². The predicted octanol–water partition coefficient (Wildman–Crippen LogP) is 1.16. The lowest BCUT2D eigenvalue weighted by Gasteiger charge is -2.29. The van der Waals surface area contributed by atoms with Gasteiger partial charge in [0.25, 0.3) is 5.56 Å². The van der Waals surface area contributed by atoms with Crippen LogP contribution >= 0.6 is 0 Å². The van der Waals surface area contributed by atoms with Crippen LogP contribution in [0.25, 0.3) is 10.9 Å². The molecule has 0 bridgehead atoms. The van der Waals surface area contributed by atoms with E-state index in [9.17, 15) is 9.90 Å². The molecule has 1 aromatic carbocycles. The lowest BCUT2D eigenvalue weighted by Crippen LogP contribution is -2.40. The number of hydrogen-bond donors (Lipinski definition) is 1. The molecule has 0 spiro atoms. The quantitative estimate of drug-likeness (QED) is 0.920. The standard InChI is InChI=1S/C16H21N3O2/c1-12-4-5-14-15(9-12)17-11-19(16(14)21)8-7-18-6-2-3-13(20)10-18/h4-5,9,11,13,20H,2-3,6-8,10H2,1H3. The fourth-order valence-electron chi connectivity index (χ4n) is 2.91. The number of aliphatic hydroxyl groups is 1. The number of piperidine rings is 1. The average molecular weight is 287 g/mol. The second-order valence-corrected chi connectivity index (χ2v) is 5.86. The third-order valence-corrected chi connectivity index (χ3v) is 4.12. The number of aromatic nitrogens is 2. The van der Waals surface area contributed by atoms with Crippen LogP contribution in [-0.4, -0.2) is 45.3 Å². The molecule has 1 atom stereocenters. The summed E-state index contributed by atoms with van der Waals surface area (Å²) in [6.07, 6.45) is 3.30. The summed E-state index contributed by atoms with van der Waals surface area (Å²) in [4.78, 5) is 19.0. The van der Waals surface area contributed by atoms with Crippen molar-refractivity contribution >= 4 is 10.9 Å². The molecule has 0 saturated carbocycles. The van der Waals surface area contributed by atoms with Crippen molar-refractivity contribution in [1.29, 1.82) is 0 Å². The Hall–Kier alpha value is -1.72. The van der Waals surface area contributed by atoms with Crippen LogP contribution in [-0.2, 0) is 6.54 Å². The summed E-state index contributed by atoms with van der Waals surface area (Å²) in [7, 11) is 0. The maximum Gasteiger partial charge on any atom is 0.261 e. The van der Waals surface area contributed by atoms with E-state index in [-0.39, 0.29) is 11.7 Å². The SMILES string of the molecule is Cc1ccc2c(=O)n(CCN3CCCC(O)C3)cnc2c1. The number of hydrogen-bond acceptors (Lipinski definition) is 4. The minimum Gasteiger partial charge on any atom is -0.392 e. The molecule has 112 valence electrons. The molecule has 1 aromatic heterocycles. The summed E-state index contributed by atoms with van der Waals surface area (Å²) in [5.74, 6) is 0. The van der Waals surface area contributed by atoms with Crippen molar-refractivity contribution in [3.05, 3.63) is 40.4 Å². The minimum absolute atomic E-state index is 0.0116. The molecule has 21 heavy (non-hydrogen) atoms. The van der Waals surface area contributed by atoms with E-state index in [1.165, 1.54) is 0 Å². The fraction of sp³-hybridized carbons (Fsp3) is 0.500. The first kappa shape index (κ1) is 14.2. The van der Waals surface area contributed by atoms with Gasteiger partial charge in [0.2, 0.25) is 0 Å². The predicted molar refractivity (Wildman–Crippen MR) is 82.4 cm³/mol. The molecule has 2 heterocycles. The third kappa shape index (κ3) is 3.14. The topological polar surface area (TPSA) is 58.4 Å². The van der Waals surface area contributed by atoms with Gasteiger partial charge in [-0.1, -0.05) is 6.07 Å². The molecule has 1 unspecified atom stereocenters. The number of fused-ring (bicyclic) bond motifs is 1. The average Bonchev–Trinajstić information content (AvgIpc) is 2.46. The summed E-state index contributed by atoms with van der Waals surface area (Å²) < 4.78 is 1.67. The lowest BCUT2D eigenvalue weighted by molar-refractivity contribution is 0.0687. The second-order valence-electron chi connectivity index (χ2n) is 5.86. The van der Waals surface area contributed by atoms with Gasteiger partial charge in [0, 0.05) is 19.6 Å². The molecule has 2 aromatic rings. The molecular weight excluding hydrogens is 266 g/mol. The van der Waals surface area contributed by atoms with Crippen molar-refractivity contribution in [3.63, 3.8) is 0 Å². The highest BCUT2D eigenvalue weighted by Crippen LogP contribution is 2.11. The van der Waals surface area contributed by atoms with E-state index in [0.29, 0.717) is 18.5 Å². The van der Waals surface area contributed by atoms with Crippen LogP contribution in [0.1, 0.15) is 18.4 Å². The minimum atomic E-state index is -0.229. The van der Waals surface area contributed by atoms with E-state index in [4.69, 9.17) is 0 Å². The number of benzene rings is 1. The first-order chi connectivity index (χ1) is 10.1. The Kier molecular flexibility index (Phi) is 4.03. The largest absolute Gasteiger partial charge is 0.392 e. The molecule has 1 fully saturated rings. The Labute approximate surface area is 123 Å². The van der Waals surface area contributed by atoms with Gasteiger partial charge in [-0.25, -0.2) is 4.98 Å². The van der Waals surface area contributed by atoms with E-state index in [1.807, 2.05) is 25.1 Å². The van der Waals surface area contributed by atoms with Crippen LogP contribution in [0.4, 0.5) is 0 Å². The number of β-amino-alcohol motifs (C(OH)–C–C–N with tert-alkyl or cyclic N) is 1. The van der Waals surface area contributed by atoms with Crippen molar-refractivity contribution in [2.75, 3.05) is 19.6 Å². The van der Waals surface area contributed by atoms with Gasteiger partial charge >= 0.3 is 0 Å². The van der Waals surface area contributed by atoms with Crippen LogP contribution in [0.15, 0.2) is 29.3 Å². The summed E-state index contributed by atoms with van der Waals surface area (Å²) in [5.41, 5.74) is 1.87. The van der Waals surface area contributed by atoms with Crippen molar-refractivity contribution in [2.24, 2.45) is 0 Å². The zero-order chi connectivity index (χ0) is 14.8. The maximum absolute atomic E-state index is 12.4. The van der Waals surface area contributed by atoms with Gasteiger partial charge in [0.15, 0.2) is 0 Å². The first-order valence-electron chi connectivity index (χ1n) is 7.50. The Balaban J connectivity index is 1.76. The molecule has 1 saturated heterocycles. The van der Waals surface area contributed by atoms with Crippen molar-refractivity contribution in [2.45, 2.75) is 32.4 Å². The zero-order valence-electron chi connectivity index (χ0n) is 12.3. The summed E-state index contributed by atoms with van der Waals surface area (Å²) in [6.45, 7) is 5.08. The zero-order valence-corrected chi connectivity index (χ0v) is 12.3. The Morgan fingerprint density at radius 3 is 3.05 bits per heavy atom. The van der Waals surface area contributed by atoms with Gasteiger partial charge in [-0.05, 0) is 44.0 Å². The highest BCUT2D eigenvalue weighted by atomic mass is 16.3. The van der Waals surface area contributed by atoms with E-state index < -0.39 is 0 Å². The van der Waals surface area contributed by atoms with E-state index in [2.05, 4.69) is 9.88 Å². The Morgan fingerprint density at radius 1 is 1.38 bits per heavy atom. The summed E-state index contributed by atoms with van der Waals surface area (Å²) in [6, 6.07) is 5.72. The van der Waals surface area contributed by atoms with Gasteiger partial charge in [0.05, 0.1) is 23.3 Å². The van der Waals surface area contributed by atoms with E-state index in [1.54, 1.807) is 10.9 Å². The van der Waals surface area contributed by atoms with E-state index >= 15 is 0 Å². The fourth-order valence-corrected chi connectivity index (χ4v) is 2.91. The van der Waals surface area contributed by atoms with Gasteiger partial charge < -0.3 is 5.11 Å². The summed E-state index contributed by atoms with van der Waals surface area (Å²) in [5, 5.41) is 10.3. The number of rotatable bonds is 3. The monoisotopic (exact) mass is 287 g/mol. The van der Waals surface area contributed by atoms with Crippen LogP contribution in [0.2, 0.25) is 0 Å². The third-order valence-electron chi connectivity index (χ3n) is 4.12. The molecule has 1 aliphatic heterocycles. The van der Waals surface area contributed by atoms with Crippen LogP contribution < -0.4 is 5.56 Å². The maximum atomic E-state index is 12.4. The van der Waals surface area contributed by atoms with Gasteiger partial charge in [-0.2, -0.15) is 0 Å². The lowest BCUT2D eigenvalue weighted by atomic mass is 10.1. The first-order valence-corrected chi connectivity index (χ1v) is 7.50. The molecular formula is C16H21N3O2. The Morgan fingerprint density at radius 2 is 2.24 bits per heavy atom. The molecule has 5 nitrogen and oxygen atoms in total. The van der Waals surface area contributed by atoms with Crippen molar-refractivity contribution < 1.29 is 5.11 Å². The molecule has 0 amide bonds. The molecule has 0 radical (unpaired) electrons. The number of nitrogens with zero attached hydrogens (tertiary/aromatic N) is 3. The number of likely N-dealkylation sites (tertiary alicyclic amines) is 1. The molecule has 3 rings (SSSR count). The molecule has 0 aliphatic carbocycles. The highest BCUT2D eigenvalue weighted by Gasteiger charge is 2.17. The molecule has 1 aliphatic rings. The normalized spacial score (nSPS) is 20.0. The van der Waals surface area contributed by atoms with Gasteiger partial charge in [-0.3, -0.25) is 14.3 Å². The number of aliphatic hydroxyl groups excluding tert-OH is 1. The van der Waals surface area contributed by atoms with Crippen LogP contribution in [0, 0.1) is 6.92 Å². The van der Waals surface area contributed by atoms with Crippen molar-refractivity contribution in [3.8, 4) is 0 Å². The number of aryl methyl sites for hydroxylation is 1. The van der Waals surface area contributed by atoms with Gasteiger partial charge in [-0.15, -0.1) is 0 Å². The van der Waals surface area contributed by atoms with Crippen molar-refractivity contribution in [1.82, 2.24) is 14.5 Å². The van der Waals surface area contributed by atoms with Crippen LogP contribution in [0.3, 0.4) is 0 Å². The van der Waals surface area contributed by atoms with Gasteiger partial charge in [0.1, 0.15) is 0 Å². The van der Waals surface area contributed by atoms with Crippen LogP contribution in [0.5, 0.6) is 0 Å².